The van der Waals surface area contributed by atoms with Gasteiger partial charge in [0, 0.05) is 19.1 Å². The van der Waals surface area contributed by atoms with Crippen LogP contribution in [0.5, 0.6) is 0 Å². The van der Waals surface area contributed by atoms with E-state index in [0.29, 0.717) is 5.75 Å². The normalized spacial score (nSPS) is 27.5. The number of sulfonamides is 1. The van der Waals surface area contributed by atoms with Crippen molar-refractivity contribution < 1.29 is 8.42 Å². The van der Waals surface area contributed by atoms with Crippen LogP contribution in [0, 0.1) is 5.92 Å². The molecule has 0 saturated carbocycles. The quantitative estimate of drug-likeness (QED) is 0.841. The van der Waals surface area contributed by atoms with E-state index in [-0.39, 0.29) is 6.04 Å². The molecule has 19 heavy (non-hydrogen) atoms. The van der Waals surface area contributed by atoms with Gasteiger partial charge in [-0.25, -0.2) is 12.7 Å². The summed E-state index contributed by atoms with van der Waals surface area (Å²) in [6, 6.07) is 0.173. The summed E-state index contributed by atoms with van der Waals surface area (Å²) in [5.41, 5.74) is 0. The molecule has 2 fully saturated rings. The lowest BCUT2D eigenvalue weighted by atomic mass is 9.94. The highest BCUT2D eigenvalue weighted by Gasteiger charge is 2.30. The number of hydrogen-bond acceptors (Lipinski definition) is 3. The first kappa shape index (κ1) is 15.3. The van der Waals surface area contributed by atoms with Crippen LogP contribution in [0.4, 0.5) is 0 Å². The van der Waals surface area contributed by atoms with Crippen LogP contribution in [0.25, 0.3) is 0 Å². The fourth-order valence-electron chi connectivity index (χ4n) is 3.31. The zero-order valence-electron chi connectivity index (χ0n) is 12.1. The van der Waals surface area contributed by atoms with Gasteiger partial charge in [0.2, 0.25) is 10.0 Å². The zero-order chi connectivity index (χ0) is 13.7. The summed E-state index contributed by atoms with van der Waals surface area (Å²) >= 11 is 0. The molecule has 0 aromatic heterocycles. The van der Waals surface area contributed by atoms with Gasteiger partial charge >= 0.3 is 0 Å². The summed E-state index contributed by atoms with van der Waals surface area (Å²) < 4.78 is 26.5. The molecular formula is C14H28N2O2S. The van der Waals surface area contributed by atoms with Crippen LogP contribution < -0.4 is 5.32 Å². The predicted octanol–water partition coefficient (Wildman–Crippen LogP) is 1.97. The molecule has 1 N–H and O–H groups in total. The Morgan fingerprint density at radius 1 is 1.16 bits per heavy atom. The van der Waals surface area contributed by atoms with E-state index in [1.807, 2.05) is 0 Å². The first-order chi connectivity index (χ1) is 9.12. The van der Waals surface area contributed by atoms with Crippen LogP contribution in [-0.2, 0) is 10.0 Å². The molecule has 2 aliphatic heterocycles. The predicted molar refractivity (Wildman–Crippen MR) is 78.6 cm³/mol. The summed E-state index contributed by atoms with van der Waals surface area (Å²) in [6.45, 7) is 4.65. The Kier molecular flexibility index (Phi) is 5.66. The summed E-state index contributed by atoms with van der Waals surface area (Å²) in [4.78, 5) is 0. The molecule has 4 nitrogen and oxygen atoms in total. The van der Waals surface area contributed by atoms with E-state index in [4.69, 9.17) is 0 Å². The maximum atomic E-state index is 12.4. The average Bonchev–Trinajstić information content (AvgIpc) is 2.40. The zero-order valence-corrected chi connectivity index (χ0v) is 12.9. The van der Waals surface area contributed by atoms with Crippen molar-refractivity contribution in [1.82, 2.24) is 9.62 Å². The molecule has 2 aliphatic rings. The second-order valence-corrected chi connectivity index (χ2v) is 8.07. The van der Waals surface area contributed by atoms with Gasteiger partial charge in [-0.15, -0.1) is 0 Å². The van der Waals surface area contributed by atoms with E-state index in [1.54, 1.807) is 4.31 Å². The number of hydrogen-bond donors (Lipinski definition) is 1. The summed E-state index contributed by atoms with van der Waals surface area (Å²) in [5, 5.41) is 3.34. The lowest BCUT2D eigenvalue weighted by molar-refractivity contribution is 0.261. The van der Waals surface area contributed by atoms with Gasteiger partial charge in [0.05, 0.1) is 5.75 Å². The van der Waals surface area contributed by atoms with Crippen molar-refractivity contribution in [3.8, 4) is 0 Å². The van der Waals surface area contributed by atoms with Gasteiger partial charge in [-0.3, -0.25) is 0 Å². The van der Waals surface area contributed by atoms with Gasteiger partial charge < -0.3 is 5.32 Å². The Hall–Kier alpha value is -0.130. The molecule has 0 aromatic rings. The average molecular weight is 288 g/mol. The van der Waals surface area contributed by atoms with Crippen LogP contribution in [0.1, 0.15) is 51.9 Å². The second-order valence-electron chi connectivity index (χ2n) is 6.06. The molecule has 0 radical (unpaired) electrons. The van der Waals surface area contributed by atoms with E-state index in [1.165, 1.54) is 19.3 Å². The van der Waals surface area contributed by atoms with Crippen molar-refractivity contribution in [3.63, 3.8) is 0 Å². The molecule has 1 atom stereocenters. The minimum Gasteiger partial charge on any atom is -0.313 e. The minimum atomic E-state index is -3.05. The van der Waals surface area contributed by atoms with Gasteiger partial charge in [-0.05, 0) is 38.1 Å². The molecule has 0 spiro atoms. The monoisotopic (exact) mass is 288 g/mol. The van der Waals surface area contributed by atoms with Crippen LogP contribution in [-0.4, -0.2) is 44.2 Å². The third-order valence-corrected chi connectivity index (χ3v) is 6.46. The van der Waals surface area contributed by atoms with Crippen molar-refractivity contribution in [2.45, 2.75) is 57.9 Å². The molecule has 1 unspecified atom stereocenters. The third-order valence-electron chi connectivity index (χ3n) is 4.49. The third kappa shape index (κ3) is 4.43. The highest BCUT2D eigenvalue weighted by atomic mass is 32.2. The first-order valence-corrected chi connectivity index (χ1v) is 9.44. The van der Waals surface area contributed by atoms with Crippen LogP contribution in [0.3, 0.4) is 0 Å². The Balaban J connectivity index is 1.83. The van der Waals surface area contributed by atoms with Crippen molar-refractivity contribution in [2.24, 2.45) is 5.92 Å². The molecular weight excluding hydrogens is 260 g/mol. The second kappa shape index (κ2) is 7.04. The Bertz CT molecular complexity index is 356. The van der Waals surface area contributed by atoms with Crippen molar-refractivity contribution in [3.05, 3.63) is 0 Å². The number of piperidine rings is 2. The largest absolute Gasteiger partial charge is 0.313 e. The Morgan fingerprint density at radius 2 is 1.89 bits per heavy atom. The molecule has 0 bridgehead atoms. The maximum absolute atomic E-state index is 12.4. The molecule has 112 valence electrons. The lowest BCUT2D eigenvalue weighted by Gasteiger charge is -2.33. The highest BCUT2D eigenvalue weighted by molar-refractivity contribution is 7.89. The SMILES string of the molecule is CCCC1CCN(S(=O)(=O)CC2CCCCN2)CC1. The molecule has 5 heteroatoms. The maximum Gasteiger partial charge on any atom is 0.215 e. The van der Waals surface area contributed by atoms with Gasteiger partial charge in [0.25, 0.3) is 0 Å². The van der Waals surface area contributed by atoms with E-state index in [0.717, 1.165) is 51.2 Å². The van der Waals surface area contributed by atoms with Gasteiger partial charge in [0.15, 0.2) is 0 Å². The van der Waals surface area contributed by atoms with Crippen molar-refractivity contribution in [2.75, 3.05) is 25.4 Å². The molecule has 0 aromatic carbocycles. The van der Waals surface area contributed by atoms with Gasteiger partial charge in [0.1, 0.15) is 0 Å². The molecule has 2 rings (SSSR count). The number of rotatable bonds is 5. The fourth-order valence-corrected chi connectivity index (χ4v) is 5.08. The van der Waals surface area contributed by atoms with Gasteiger partial charge in [-0.2, -0.15) is 0 Å². The number of nitrogens with one attached hydrogen (secondary N) is 1. The van der Waals surface area contributed by atoms with Gasteiger partial charge in [-0.1, -0.05) is 26.2 Å². The summed E-state index contributed by atoms with van der Waals surface area (Å²) in [7, 11) is -3.05. The Labute approximate surface area is 118 Å². The summed E-state index contributed by atoms with van der Waals surface area (Å²) in [6.07, 6.45) is 7.90. The van der Waals surface area contributed by atoms with E-state index in [2.05, 4.69) is 12.2 Å². The van der Waals surface area contributed by atoms with E-state index < -0.39 is 10.0 Å². The summed E-state index contributed by atoms with van der Waals surface area (Å²) in [5.74, 6) is 1.04. The first-order valence-electron chi connectivity index (χ1n) is 7.83. The number of nitrogens with zero attached hydrogens (tertiary/aromatic N) is 1. The highest BCUT2D eigenvalue weighted by Crippen LogP contribution is 2.24. The van der Waals surface area contributed by atoms with Crippen LogP contribution in [0.2, 0.25) is 0 Å². The molecule has 0 aliphatic carbocycles. The van der Waals surface area contributed by atoms with Crippen molar-refractivity contribution in [1.29, 1.82) is 0 Å². The molecule has 0 amide bonds. The van der Waals surface area contributed by atoms with Crippen LogP contribution in [0.15, 0.2) is 0 Å². The van der Waals surface area contributed by atoms with Crippen molar-refractivity contribution >= 4 is 10.0 Å². The van der Waals surface area contributed by atoms with E-state index >= 15 is 0 Å². The Morgan fingerprint density at radius 3 is 2.47 bits per heavy atom. The smallest absolute Gasteiger partial charge is 0.215 e. The minimum absolute atomic E-state index is 0.173. The van der Waals surface area contributed by atoms with Crippen LogP contribution >= 0.6 is 0 Å². The molecule has 2 heterocycles. The standard InChI is InChI=1S/C14H28N2O2S/c1-2-5-13-7-10-16(11-8-13)19(17,18)12-14-6-3-4-9-15-14/h13-15H,2-12H2,1H3. The lowest BCUT2D eigenvalue weighted by Crippen LogP contribution is -2.46. The molecule has 2 saturated heterocycles. The fraction of sp³-hybridized carbons (Fsp3) is 1.00. The van der Waals surface area contributed by atoms with E-state index in [9.17, 15) is 8.42 Å². The topological polar surface area (TPSA) is 49.4 Å².